The van der Waals surface area contributed by atoms with Gasteiger partial charge in [0.15, 0.2) is 11.5 Å². The molecule has 1 amide bonds. The fourth-order valence-corrected chi connectivity index (χ4v) is 3.36. The van der Waals surface area contributed by atoms with Crippen LogP contribution in [0.3, 0.4) is 0 Å². The number of sulfonamides is 1. The van der Waals surface area contributed by atoms with Crippen LogP contribution < -0.4 is 14.5 Å². The highest BCUT2D eigenvalue weighted by atomic mass is 32.2. The molecule has 0 radical (unpaired) electrons. The quantitative estimate of drug-likeness (QED) is 0.516. The van der Waals surface area contributed by atoms with Crippen LogP contribution in [-0.4, -0.2) is 45.1 Å². The summed E-state index contributed by atoms with van der Waals surface area (Å²) in [7, 11) is -3.65. The van der Waals surface area contributed by atoms with Crippen LogP contribution in [0.4, 0.5) is 5.69 Å². The average molecular weight is 405 g/mol. The summed E-state index contributed by atoms with van der Waals surface area (Å²) in [4.78, 5) is 12.2. The largest absolute Gasteiger partial charge is 0.504 e. The summed E-state index contributed by atoms with van der Waals surface area (Å²) in [5.41, 5.74) is 4.08. The SMILES string of the molecule is CCOc1cc(/C=N\NC(=O)CN(c2ccccc2C)S(C)(=O)=O)ccc1O. The summed E-state index contributed by atoms with van der Waals surface area (Å²) in [5.74, 6) is -0.278. The zero-order valence-electron chi connectivity index (χ0n) is 15.9. The molecule has 0 unspecified atom stereocenters. The lowest BCUT2D eigenvalue weighted by Gasteiger charge is -2.23. The topological polar surface area (TPSA) is 108 Å². The Morgan fingerprint density at radius 2 is 2.00 bits per heavy atom. The van der Waals surface area contributed by atoms with Gasteiger partial charge in [-0.1, -0.05) is 18.2 Å². The number of hydrogen-bond acceptors (Lipinski definition) is 6. The fraction of sp³-hybridized carbons (Fsp3) is 0.263. The molecule has 0 fully saturated rings. The van der Waals surface area contributed by atoms with E-state index in [-0.39, 0.29) is 5.75 Å². The van der Waals surface area contributed by atoms with E-state index in [0.717, 1.165) is 16.1 Å². The van der Waals surface area contributed by atoms with Gasteiger partial charge < -0.3 is 9.84 Å². The average Bonchev–Trinajstić information content (AvgIpc) is 2.62. The standard InChI is InChI=1S/C19H23N3O5S/c1-4-27-18-11-15(9-10-17(18)23)12-20-21-19(24)13-22(28(3,25)26)16-8-6-5-7-14(16)2/h5-12,23H,4,13H2,1-3H3,(H,21,24)/b20-12-. The van der Waals surface area contributed by atoms with Gasteiger partial charge in [-0.25, -0.2) is 13.8 Å². The zero-order chi connectivity index (χ0) is 20.7. The molecule has 0 saturated carbocycles. The van der Waals surface area contributed by atoms with Crippen LogP contribution in [0.15, 0.2) is 47.6 Å². The van der Waals surface area contributed by atoms with Crippen molar-refractivity contribution in [2.24, 2.45) is 5.10 Å². The summed E-state index contributed by atoms with van der Waals surface area (Å²) in [6.07, 6.45) is 2.42. The van der Waals surface area contributed by atoms with Crippen LogP contribution in [0.5, 0.6) is 11.5 Å². The normalized spacial score (nSPS) is 11.4. The first kappa shape index (κ1) is 21.2. The number of phenolic OH excluding ortho intramolecular Hbond substituents is 1. The lowest BCUT2D eigenvalue weighted by atomic mass is 10.2. The van der Waals surface area contributed by atoms with E-state index in [0.29, 0.717) is 23.6 Å². The molecule has 8 nitrogen and oxygen atoms in total. The minimum Gasteiger partial charge on any atom is -0.504 e. The van der Waals surface area contributed by atoms with Gasteiger partial charge in [-0.05, 0) is 49.2 Å². The number of amides is 1. The summed E-state index contributed by atoms with van der Waals surface area (Å²) in [6.45, 7) is 3.55. The van der Waals surface area contributed by atoms with E-state index in [1.165, 1.54) is 12.3 Å². The number of aryl methyl sites for hydroxylation is 1. The van der Waals surface area contributed by atoms with E-state index < -0.39 is 22.5 Å². The first-order valence-corrected chi connectivity index (χ1v) is 10.4. The summed E-state index contributed by atoms with van der Waals surface area (Å²) >= 11 is 0. The molecule has 9 heteroatoms. The van der Waals surface area contributed by atoms with Crippen LogP contribution in [0, 0.1) is 6.92 Å². The Labute approximate surface area is 164 Å². The smallest absolute Gasteiger partial charge is 0.260 e. The highest BCUT2D eigenvalue weighted by molar-refractivity contribution is 7.92. The number of ether oxygens (including phenoxy) is 1. The summed E-state index contributed by atoms with van der Waals surface area (Å²) in [6, 6.07) is 11.5. The summed E-state index contributed by atoms with van der Waals surface area (Å²) < 4.78 is 30.5. The van der Waals surface area contributed by atoms with Crippen molar-refractivity contribution in [3.63, 3.8) is 0 Å². The van der Waals surface area contributed by atoms with Crippen LogP contribution >= 0.6 is 0 Å². The number of phenols is 1. The Bertz CT molecular complexity index is 973. The number of rotatable bonds is 8. The molecule has 0 aromatic heterocycles. The Morgan fingerprint density at radius 1 is 1.29 bits per heavy atom. The second-order valence-corrected chi connectivity index (χ2v) is 7.92. The van der Waals surface area contributed by atoms with Gasteiger partial charge in [0.05, 0.1) is 24.8 Å². The van der Waals surface area contributed by atoms with Crippen molar-refractivity contribution in [1.29, 1.82) is 0 Å². The van der Waals surface area contributed by atoms with Crippen LogP contribution in [-0.2, 0) is 14.8 Å². The molecule has 0 saturated heterocycles. The van der Waals surface area contributed by atoms with E-state index in [4.69, 9.17) is 4.74 Å². The second kappa shape index (κ2) is 9.23. The first-order chi connectivity index (χ1) is 13.2. The Kier molecular flexibility index (Phi) is 7.00. The maximum Gasteiger partial charge on any atom is 0.260 e. The van der Waals surface area contributed by atoms with Crippen LogP contribution in [0.1, 0.15) is 18.1 Å². The third-order valence-electron chi connectivity index (χ3n) is 3.76. The zero-order valence-corrected chi connectivity index (χ0v) is 16.7. The second-order valence-electron chi connectivity index (χ2n) is 6.01. The number of nitrogens with one attached hydrogen (secondary N) is 1. The van der Waals surface area contributed by atoms with Gasteiger partial charge >= 0.3 is 0 Å². The molecular weight excluding hydrogens is 382 g/mol. The minimum atomic E-state index is -3.65. The molecule has 2 aromatic carbocycles. The lowest BCUT2D eigenvalue weighted by molar-refractivity contribution is -0.119. The number of nitrogens with zero attached hydrogens (tertiary/aromatic N) is 2. The van der Waals surface area contributed by atoms with Gasteiger partial charge in [-0.2, -0.15) is 5.10 Å². The van der Waals surface area contributed by atoms with Crippen molar-refractivity contribution in [2.75, 3.05) is 23.7 Å². The number of anilines is 1. The number of carbonyl (C=O) groups is 1. The van der Waals surface area contributed by atoms with Crippen molar-refractivity contribution in [2.45, 2.75) is 13.8 Å². The molecule has 0 spiro atoms. The highest BCUT2D eigenvalue weighted by Crippen LogP contribution is 2.26. The van der Waals surface area contributed by atoms with E-state index >= 15 is 0 Å². The van der Waals surface area contributed by atoms with Crippen molar-refractivity contribution in [3.05, 3.63) is 53.6 Å². The van der Waals surface area contributed by atoms with Crippen LogP contribution in [0.25, 0.3) is 0 Å². The molecule has 0 aliphatic carbocycles. The third-order valence-corrected chi connectivity index (χ3v) is 4.88. The van der Waals surface area contributed by atoms with Gasteiger partial charge in [0.1, 0.15) is 6.54 Å². The number of para-hydroxylation sites is 1. The number of carbonyl (C=O) groups excluding carboxylic acids is 1. The predicted octanol–water partition coefficient (Wildman–Crippen LogP) is 2.02. The lowest BCUT2D eigenvalue weighted by Crippen LogP contribution is -2.39. The molecule has 2 rings (SSSR count). The highest BCUT2D eigenvalue weighted by Gasteiger charge is 2.21. The van der Waals surface area contributed by atoms with E-state index in [1.807, 2.05) is 0 Å². The van der Waals surface area contributed by atoms with E-state index in [9.17, 15) is 18.3 Å². The number of aromatic hydroxyl groups is 1. The summed E-state index contributed by atoms with van der Waals surface area (Å²) in [5, 5.41) is 13.5. The van der Waals surface area contributed by atoms with Gasteiger partial charge in [0, 0.05) is 0 Å². The Morgan fingerprint density at radius 3 is 2.64 bits per heavy atom. The monoisotopic (exact) mass is 405 g/mol. The number of hydrazone groups is 1. The molecule has 0 heterocycles. The first-order valence-electron chi connectivity index (χ1n) is 8.53. The molecule has 2 aromatic rings. The van der Waals surface area contributed by atoms with Gasteiger partial charge in [-0.15, -0.1) is 0 Å². The van der Waals surface area contributed by atoms with Crippen molar-refractivity contribution in [3.8, 4) is 11.5 Å². The Balaban J connectivity index is 2.09. The molecule has 150 valence electrons. The minimum absolute atomic E-state index is 0.00469. The molecule has 0 aliphatic heterocycles. The Hall–Kier alpha value is -3.07. The van der Waals surface area contributed by atoms with E-state index in [1.54, 1.807) is 50.2 Å². The fourth-order valence-electron chi connectivity index (χ4n) is 2.45. The van der Waals surface area contributed by atoms with Crippen molar-refractivity contribution in [1.82, 2.24) is 5.43 Å². The predicted molar refractivity (Wildman–Crippen MR) is 108 cm³/mol. The molecule has 0 atom stereocenters. The van der Waals surface area contributed by atoms with Gasteiger partial charge in [-0.3, -0.25) is 9.10 Å². The molecule has 0 bridgehead atoms. The molecule has 0 aliphatic rings. The van der Waals surface area contributed by atoms with Crippen molar-refractivity contribution >= 4 is 27.8 Å². The van der Waals surface area contributed by atoms with Crippen LogP contribution in [0.2, 0.25) is 0 Å². The maximum atomic E-state index is 12.2. The van der Waals surface area contributed by atoms with Gasteiger partial charge in [0.25, 0.3) is 5.91 Å². The molecular formula is C19H23N3O5S. The number of benzene rings is 2. The molecule has 28 heavy (non-hydrogen) atoms. The van der Waals surface area contributed by atoms with Crippen molar-refractivity contribution < 1.29 is 23.1 Å². The van der Waals surface area contributed by atoms with Gasteiger partial charge in [0.2, 0.25) is 10.0 Å². The molecule has 2 N–H and O–H groups in total. The van der Waals surface area contributed by atoms with E-state index in [2.05, 4.69) is 10.5 Å². The maximum absolute atomic E-state index is 12.2. The third kappa shape index (κ3) is 5.71. The number of hydrogen-bond donors (Lipinski definition) is 2.